The van der Waals surface area contributed by atoms with Gasteiger partial charge in [0.15, 0.2) is 0 Å². The molecule has 0 aliphatic carbocycles. The van der Waals surface area contributed by atoms with Crippen molar-refractivity contribution in [2.45, 2.75) is 33.7 Å². The molecule has 1 aromatic carbocycles. The number of carbonyl (C=O) groups excluding carboxylic acids is 1. The minimum Gasteiger partial charge on any atom is -0.326 e. The Morgan fingerprint density at radius 2 is 2.05 bits per heavy atom. The summed E-state index contributed by atoms with van der Waals surface area (Å²) in [6, 6.07) is 7.50. The first-order valence-electron chi connectivity index (χ1n) is 6.53. The number of nitrogens with zero attached hydrogens (tertiary/aromatic N) is 2. The van der Waals surface area contributed by atoms with Crippen LogP contribution in [-0.2, 0) is 11.3 Å². The van der Waals surface area contributed by atoms with E-state index in [-0.39, 0.29) is 5.91 Å². The molecule has 2 aromatic rings. The van der Waals surface area contributed by atoms with Gasteiger partial charge in [-0.05, 0) is 44.5 Å². The molecule has 2 rings (SSSR count). The van der Waals surface area contributed by atoms with Crippen molar-refractivity contribution in [3.63, 3.8) is 0 Å². The van der Waals surface area contributed by atoms with Crippen molar-refractivity contribution in [3.05, 3.63) is 46.2 Å². The van der Waals surface area contributed by atoms with Crippen molar-refractivity contribution < 1.29 is 4.79 Å². The highest BCUT2D eigenvalue weighted by molar-refractivity contribution is 6.31. The number of amides is 1. The lowest BCUT2D eigenvalue weighted by atomic mass is 10.2. The van der Waals surface area contributed by atoms with Gasteiger partial charge in [-0.15, -0.1) is 0 Å². The summed E-state index contributed by atoms with van der Waals surface area (Å²) in [4.78, 5) is 11.9. The van der Waals surface area contributed by atoms with Gasteiger partial charge in [-0.1, -0.05) is 17.7 Å². The number of hydrogen-bond donors (Lipinski definition) is 1. The summed E-state index contributed by atoms with van der Waals surface area (Å²) in [5.41, 5.74) is 3.74. The van der Waals surface area contributed by atoms with E-state index in [2.05, 4.69) is 10.4 Å². The van der Waals surface area contributed by atoms with Crippen molar-refractivity contribution >= 4 is 23.2 Å². The van der Waals surface area contributed by atoms with Crippen LogP contribution in [0.5, 0.6) is 0 Å². The molecule has 0 spiro atoms. The standard InChI is InChI=1S/C15H18ClN3O/c1-10-4-5-13(9-14(10)16)17-15(20)6-7-19-12(3)8-11(2)18-19/h4-5,8-9H,6-7H2,1-3H3,(H,17,20). The molecule has 0 saturated carbocycles. The number of anilines is 1. The summed E-state index contributed by atoms with van der Waals surface area (Å²) >= 11 is 6.03. The maximum Gasteiger partial charge on any atom is 0.226 e. The van der Waals surface area contributed by atoms with Gasteiger partial charge in [0.05, 0.1) is 5.69 Å². The number of halogens is 1. The highest BCUT2D eigenvalue weighted by Gasteiger charge is 2.06. The zero-order valence-corrected chi connectivity index (χ0v) is 12.7. The van der Waals surface area contributed by atoms with Gasteiger partial charge in [0.1, 0.15) is 0 Å². The van der Waals surface area contributed by atoms with Gasteiger partial charge in [0.2, 0.25) is 5.91 Å². The molecule has 0 aliphatic heterocycles. The average molecular weight is 292 g/mol. The molecule has 0 aliphatic rings. The molecular formula is C15H18ClN3O. The average Bonchev–Trinajstić information content (AvgIpc) is 2.70. The molecule has 5 heteroatoms. The molecular weight excluding hydrogens is 274 g/mol. The summed E-state index contributed by atoms with van der Waals surface area (Å²) in [6.07, 6.45) is 0.382. The molecule has 0 radical (unpaired) electrons. The number of carbonyl (C=O) groups is 1. The lowest BCUT2D eigenvalue weighted by Gasteiger charge is -2.08. The third-order valence-corrected chi connectivity index (χ3v) is 3.52. The van der Waals surface area contributed by atoms with Crippen LogP contribution in [0.3, 0.4) is 0 Å². The Labute approximate surface area is 123 Å². The molecule has 20 heavy (non-hydrogen) atoms. The summed E-state index contributed by atoms with van der Waals surface area (Å²) < 4.78 is 1.84. The zero-order chi connectivity index (χ0) is 14.7. The largest absolute Gasteiger partial charge is 0.326 e. The number of aryl methyl sites for hydroxylation is 4. The van der Waals surface area contributed by atoms with E-state index in [1.165, 1.54) is 0 Å². The van der Waals surface area contributed by atoms with Gasteiger partial charge in [0, 0.05) is 29.4 Å². The minimum absolute atomic E-state index is 0.0440. The predicted molar refractivity (Wildman–Crippen MR) is 81.1 cm³/mol. The Hall–Kier alpha value is -1.81. The van der Waals surface area contributed by atoms with Gasteiger partial charge < -0.3 is 5.32 Å². The molecule has 0 bridgehead atoms. The van der Waals surface area contributed by atoms with Crippen LogP contribution < -0.4 is 5.32 Å². The lowest BCUT2D eigenvalue weighted by Crippen LogP contribution is -2.15. The van der Waals surface area contributed by atoms with E-state index in [1.807, 2.05) is 43.7 Å². The zero-order valence-electron chi connectivity index (χ0n) is 11.9. The topological polar surface area (TPSA) is 46.9 Å². The number of hydrogen-bond acceptors (Lipinski definition) is 2. The molecule has 0 atom stereocenters. The van der Waals surface area contributed by atoms with Crippen LogP contribution in [0.15, 0.2) is 24.3 Å². The van der Waals surface area contributed by atoms with Crippen molar-refractivity contribution in [2.24, 2.45) is 0 Å². The maximum atomic E-state index is 11.9. The second-order valence-electron chi connectivity index (χ2n) is 4.91. The summed E-state index contributed by atoms with van der Waals surface area (Å²) in [5.74, 6) is -0.0440. The summed E-state index contributed by atoms with van der Waals surface area (Å²) in [7, 11) is 0. The normalized spacial score (nSPS) is 10.6. The maximum absolute atomic E-state index is 11.9. The third kappa shape index (κ3) is 3.61. The lowest BCUT2D eigenvalue weighted by molar-refractivity contribution is -0.116. The fourth-order valence-electron chi connectivity index (χ4n) is 2.00. The van der Waals surface area contributed by atoms with Crippen LogP contribution in [0.2, 0.25) is 5.02 Å². The molecule has 1 N–H and O–H groups in total. The fourth-order valence-corrected chi connectivity index (χ4v) is 2.18. The molecule has 0 unspecified atom stereocenters. The first kappa shape index (κ1) is 14.6. The molecule has 1 aromatic heterocycles. The Bertz CT molecular complexity index is 634. The second-order valence-corrected chi connectivity index (χ2v) is 5.32. The molecule has 1 amide bonds. The van der Waals surface area contributed by atoms with Gasteiger partial charge in [-0.2, -0.15) is 5.10 Å². The van der Waals surface area contributed by atoms with Gasteiger partial charge in [-0.25, -0.2) is 0 Å². The smallest absolute Gasteiger partial charge is 0.226 e. The van der Waals surface area contributed by atoms with E-state index in [0.717, 1.165) is 22.6 Å². The van der Waals surface area contributed by atoms with E-state index in [1.54, 1.807) is 6.07 Å². The summed E-state index contributed by atoms with van der Waals surface area (Å²) in [5, 5.41) is 7.83. The quantitative estimate of drug-likeness (QED) is 0.937. The van der Waals surface area contributed by atoms with Gasteiger partial charge in [-0.3, -0.25) is 9.48 Å². The molecule has 0 saturated heterocycles. The minimum atomic E-state index is -0.0440. The van der Waals surface area contributed by atoms with Crippen LogP contribution in [0.4, 0.5) is 5.69 Å². The van der Waals surface area contributed by atoms with Crippen molar-refractivity contribution in [3.8, 4) is 0 Å². The van der Waals surface area contributed by atoms with E-state index in [4.69, 9.17) is 11.6 Å². The van der Waals surface area contributed by atoms with Crippen LogP contribution >= 0.6 is 11.6 Å². The molecule has 1 heterocycles. The number of aromatic nitrogens is 2. The first-order valence-corrected chi connectivity index (χ1v) is 6.90. The van der Waals surface area contributed by atoms with E-state index in [0.29, 0.717) is 18.0 Å². The van der Waals surface area contributed by atoms with Crippen LogP contribution in [0.25, 0.3) is 0 Å². The van der Waals surface area contributed by atoms with E-state index in [9.17, 15) is 4.79 Å². The van der Waals surface area contributed by atoms with E-state index >= 15 is 0 Å². The highest BCUT2D eigenvalue weighted by Crippen LogP contribution is 2.20. The number of rotatable bonds is 4. The second kappa shape index (κ2) is 6.09. The first-order chi connectivity index (χ1) is 9.45. The van der Waals surface area contributed by atoms with Crippen molar-refractivity contribution in [2.75, 3.05) is 5.32 Å². The molecule has 0 fully saturated rings. The highest BCUT2D eigenvalue weighted by atomic mass is 35.5. The summed E-state index contributed by atoms with van der Waals surface area (Å²) in [6.45, 7) is 6.43. The molecule has 106 valence electrons. The van der Waals surface area contributed by atoms with Crippen LogP contribution in [0, 0.1) is 20.8 Å². The van der Waals surface area contributed by atoms with Crippen LogP contribution in [0.1, 0.15) is 23.4 Å². The van der Waals surface area contributed by atoms with Crippen molar-refractivity contribution in [1.82, 2.24) is 9.78 Å². The van der Waals surface area contributed by atoms with E-state index < -0.39 is 0 Å². The molecule has 4 nitrogen and oxygen atoms in total. The Morgan fingerprint density at radius 1 is 1.30 bits per heavy atom. The van der Waals surface area contributed by atoms with Gasteiger partial charge in [0.25, 0.3) is 0 Å². The Kier molecular flexibility index (Phi) is 4.45. The van der Waals surface area contributed by atoms with Crippen molar-refractivity contribution in [1.29, 1.82) is 0 Å². The van der Waals surface area contributed by atoms with Crippen LogP contribution in [-0.4, -0.2) is 15.7 Å². The number of benzene rings is 1. The Balaban J connectivity index is 1.92. The monoisotopic (exact) mass is 291 g/mol. The third-order valence-electron chi connectivity index (χ3n) is 3.11. The number of nitrogens with one attached hydrogen (secondary N) is 1. The fraction of sp³-hybridized carbons (Fsp3) is 0.333. The SMILES string of the molecule is Cc1cc(C)n(CCC(=O)Nc2ccc(C)c(Cl)c2)n1. The van der Waals surface area contributed by atoms with Gasteiger partial charge >= 0.3 is 0 Å². The Morgan fingerprint density at radius 3 is 2.65 bits per heavy atom. The predicted octanol–water partition coefficient (Wildman–Crippen LogP) is 3.49.